The Hall–Kier alpha value is -4.17. The van der Waals surface area contributed by atoms with Crippen LogP contribution in [0.15, 0.2) is 69.6 Å². The summed E-state index contributed by atoms with van der Waals surface area (Å²) >= 11 is 6.55. The number of carbonyl (C=O) groups excluding carboxylic acids is 1. The van der Waals surface area contributed by atoms with Gasteiger partial charge >= 0.3 is 18.6 Å². The Bertz CT molecular complexity index is 1660. The summed E-state index contributed by atoms with van der Waals surface area (Å²) in [6, 6.07) is 12.6. The second-order valence-corrected chi connectivity index (χ2v) is 9.91. The standard InChI is InChI=1S/C27H17ClF6N4O3S/c28-21-10-5-17(26(29,30)31)12-22(21)36-25(39)38-42-35-13-14-1-8-19-16(11-14)4-9-20-23(19)37-41-24(20)15-2-6-18(7-3-15)40-27(32,33)34/h1-3,5-8,10-13H,4,9H2,(H2,36,38,39). The number of alkyl halides is 6. The Morgan fingerprint density at radius 2 is 1.79 bits per heavy atom. The molecule has 42 heavy (non-hydrogen) atoms. The van der Waals surface area contributed by atoms with Crippen LogP contribution in [0.1, 0.15) is 22.3 Å². The highest BCUT2D eigenvalue weighted by atomic mass is 35.5. The molecule has 4 aromatic rings. The smallest absolute Gasteiger partial charge is 0.406 e. The SMILES string of the molecule is O=C(NSN=Cc1ccc2c(c1)CCc1c-2noc1-c1ccc(OC(F)(F)F)cc1)Nc1cc(C(F)(F)F)ccc1Cl. The predicted molar refractivity (Wildman–Crippen MR) is 145 cm³/mol. The van der Waals surface area contributed by atoms with Gasteiger partial charge < -0.3 is 14.6 Å². The highest BCUT2D eigenvalue weighted by Gasteiger charge is 2.32. The number of rotatable bonds is 6. The van der Waals surface area contributed by atoms with E-state index >= 15 is 0 Å². The minimum Gasteiger partial charge on any atom is -0.406 e. The summed E-state index contributed by atoms with van der Waals surface area (Å²) in [7, 11) is 0. The lowest BCUT2D eigenvalue weighted by molar-refractivity contribution is -0.274. The van der Waals surface area contributed by atoms with E-state index in [1.165, 1.54) is 30.5 Å². The van der Waals surface area contributed by atoms with Gasteiger partial charge in [-0.15, -0.1) is 13.2 Å². The summed E-state index contributed by atoms with van der Waals surface area (Å²) in [6.07, 6.45) is -6.66. The van der Waals surface area contributed by atoms with E-state index in [0.29, 0.717) is 42.0 Å². The highest BCUT2D eigenvalue weighted by molar-refractivity contribution is 7.96. The van der Waals surface area contributed by atoms with E-state index in [1.807, 2.05) is 12.1 Å². The Morgan fingerprint density at radius 3 is 2.50 bits per heavy atom. The van der Waals surface area contributed by atoms with Gasteiger partial charge in [-0.1, -0.05) is 28.9 Å². The number of carbonyl (C=O) groups is 1. The molecule has 1 aliphatic carbocycles. The molecule has 7 nitrogen and oxygen atoms in total. The summed E-state index contributed by atoms with van der Waals surface area (Å²) in [5, 5.41) is 6.38. The maximum absolute atomic E-state index is 12.9. The lowest BCUT2D eigenvalue weighted by Crippen LogP contribution is -2.22. The number of fused-ring (bicyclic) bond motifs is 3. The zero-order valence-corrected chi connectivity index (χ0v) is 22.5. The first kappa shape index (κ1) is 29.3. The first-order chi connectivity index (χ1) is 19.9. The van der Waals surface area contributed by atoms with E-state index in [0.717, 1.165) is 40.5 Å². The molecule has 0 saturated carbocycles. The van der Waals surface area contributed by atoms with Crippen LogP contribution in [0.4, 0.5) is 36.8 Å². The summed E-state index contributed by atoms with van der Waals surface area (Å²) in [6.45, 7) is 0. The third-order valence-electron chi connectivity index (χ3n) is 6.10. The molecule has 0 radical (unpaired) electrons. The number of amides is 2. The van der Waals surface area contributed by atoms with Crippen LogP contribution in [0.25, 0.3) is 22.6 Å². The molecule has 2 amide bonds. The first-order valence-electron chi connectivity index (χ1n) is 12.0. The Labute approximate surface area is 243 Å². The van der Waals surface area contributed by atoms with Crippen molar-refractivity contribution >= 4 is 41.7 Å². The molecular formula is C27H17ClF6N4O3S. The average molecular weight is 627 g/mol. The van der Waals surface area contributed by atoms with Crippen LogP contribution in [0.3, 0.4) is 0 Å². The molecule has 1 aromatic heterocycles. The molecule has 0 spiro atoms. The number of nitrogens with one attached hydrogen (secondary N) is 2. The lowest BCUT2D eigenvalue weighted by atomic mass is 9.87. The molecule has 1 heterocycles. The molecule has 3 aromatic carbocycles. The van der Waals surface area contributed by atoms with Crippen molar-refractivity contribution in [1.29, 1.82) is 0 Å². The molecule has 2 N–H and O–H groups in total. The fourth-order valence-corrected chi connectivity index (χ4v) is 4.81. The van der Waals surface area contributed by atoms with Gasteiger partial charge in [0.25, 0.3) is 0 Å². The van der Waals surface area contributed by atoms with Crippen LogP contribution in [-0.2, 0) is 19.0 Å². The Balaban J connectivity index is 1.21. The van der Waals surface area contributed by atoms with Gasteiger partial charge in [-0.3, -0.25) is 4.72 Å². The first-order valence-corrected chi connectivity index (χ1v) is 13.1. The highest BCUT2D eigenvalue weighted by Crippen LogP contribution is 2.39. The van der Waals surface area contributed by atoms with E-state index in [1.54, 1.807) is 6.07 Å². The van der Waals surface area contributed by atoms with E-state index in [-0.39, 0.29) is 16.5 Å². The number of ether oxygens (including phenoxy) is 1. The van der Waals surface area contributed by atoms with Crippen molar-refractivity contribution < 1.29 is 40.4 Å². The predicted octanol–water partition coefficient (Wildman–Crippen LogP) is 8.48. The summed E-state index contributed by atoms with van der Waals surface area (Å²) in [5.41, 5.74) is 3.39. The minimum atomic E-state index is -4.78. The average Bonchev–Trinajstić information content (AvgIpc) is 3.36. The van der Waals surface area contributed by atoms with Crippen LogP contribution < -0.4 is 14.8 Å². The number of aromatic nitrogens is 1. The van der Waals surface area contributed by atoms with Crippen molar-refractivity contribution in [1.82, 2.24) is 9.88 Å². The maximum atomic E-state index is 12.9. The molecule has 1 aliphatic rings. The summed E-state index contributed by atoms with van der Waals surface area (Å²) in [5.74, 6) is 0.125. The quantitative estimate of drug-likeness (QED) is 0.127. The molecule has 0 unspecified atom stereocenters. The number of anilines is 1. The van der Waals surface area contributed by atoms with Crippen molar-refractivity contribution in [3.8, 4) is 28.3 Å². The number of urea groups is 1. The van der Waals surface area contributed by atoms with Gasteiger partial charge in [0.1, 0.15) is 11.4 Å². The van der Waals surface area contributed by atoms with Crippen molar-refractivity contribution in [2.24, 2.45) is 4.40 Å². The van der Waals surface area contributed by atoms with E-state index in [2.05, 4.69) is 24.3 Å². The molecule has 0 bridgehead atoms. The Kier molecular flexibility index (Phi) is 8.10. The third-order valence-corrected chi connectivity index (χ3v) is 6.92. The van der Waals surface area contributed by atoms with Crippen molar-refractivity contribution in [3.05, 3.63) is 87.9 Å². The fraction of sp³-hybridized carbons (Fsp3) is 0.148. The van der Waals surface area contributed by atoms with Crippen molar-refractivity contribution in [3.63, 3.8) is 0 Å². The zero-order valence-electron chi connectivity index (χ0n) is 20.9. The molecule has 218 valence electrons. The van der Waals surface area contributed by atoms with Crippen molar-refractivity contribution in [2.75, 3.05) is 5.32 Å². The molecule has 0 atom stereocenters. The largest absolute Gasteiger partial charge is 0.573 e. The number of halogens is 7. The second-order valence-electron chi connectivity index (χ2n) is 8.90. The van der Waals surface area contributed by atoms with E-state index < -0.39 is 24.1 Å². The van der Waals surface area contributed by atoms with Gasteiger partial charge in [-0.2, -0.15) is 13.2 Å². The molecular weight excluding hydrogens is 610 g/mol. The number of hydrogen-bond donors (Lipinski definition) is 2. The van der Waals surface area contributed by atoms with Crippen LogP contribution in [0, 0.1) is 0 Å². The molecule has 5 rings (SSSR count). The van der Waals surface area contributed by atoms with E-state index in [9.17, 15) is 31.1 Å². The van der Waals surface area contributed by atoms with Crippen LogP contribution in [0.5, 0.6) is 5.75 Å². The van der Waals surface area contributed by atoms with Gasteiger partial charge in [0.05, 0.1) is 28.4 Å². The zero-order chi connectivity index (χ0) is 30.1. The maximum Gasteiger partial charge on any atom is 0.573 e. The van der Waals surface area contributed by atoms with E-state index in [4.69, 9.17) is 16.1 Å². The monoisotopic (exact) mass is 626 g/mol. The van der Waals surface area contributed by atoms with Gasteiger partial charge in [-0.25, -0.2) is 9.19 Å². The summed E-state index contributed by atoms with van der Waals surface area (Å²) in [4.78, 5) is 12.1. The van der Waals surface area contributed by atoms with Gasteiger partial charge in [0, 0.05) is 22.9 Å². The second kappa shape index (κ2) is 11.6. The molecule has 0 fully saturated rings. The van der Waals surface area contributed by atoms with Gasteiger partial charge in [0.2, 0.25) is 0 Å². The summed E-state index contributed by atoms with van der Waals surface area (Å²) < 4.78 is 91.9. The lowest BCUT2D eigenvalue weighted by Gasteiger charge is -2.16. The Morgan fingerprint density at radius 1 is 1.02 bits per heavy atom. The third kappa shape index (κ3) is 6.82. The van der Waals surface area contributed by atoms with Gasteiger partial charge in [0.15, 0.2) is 5.76 Å². The molecule has 15 heteroatoms. The number of hydrogen-bond acceptors (Lipinski definition) is 6. The normalized spacial score (nSPS) is 13.0. The topological polar surface area (TPSA) is 88.8 Å². The molecule has 0 saturated heterocycles. The van der Waals surface area contributed by atoms with Crippen LogP contribution >= 0.6 is 23.7 Å². The molecule has 0 aliphatic heterocycles. The number of nitrogens with zero attached hydrogens (tertiary/aromatic N) is 2. The van der Waals surface area contributed by atoms with Gasteiger partial charge in [-0.05, 0) is 72.5 Å². The minimum absolute atomic E-state index is 0.0588. The van der Waals surface area contributed by atoms with Crippen LogP contribution in [0.2, 0.25) is 5.02 Å². The number of aryl methyl sites for hydroxylation is 1. The fourth-order valence-electron chi connectivity index (χ4n) is 4.28. The van der Waals surface area contributed by atoms with Crippen molar-refractivity contribution in [2.45, 2.75) is 25.4 Å². The number of benzene rings is 3. The van der Waals surface area contributed by atoms with Crippen LogP contribution in [-0.4, -0.2) is 23.8 Å².